The lowest BCUT2D eigenvalue weighted by Gasteiger charge is -2.34. The number of nitrogens with one attached hydrogen (secondary N) is 1. The van der Waals surface area contributed by atoms with E-state index in [1.165, 1.54) is 30.2 Å². The van der Waals surface area contributed by atoms with Gasteiger partial charge in [-0.15, -0.1) is 0 Å². The molecule has 0 bridgehead atoms. The number of carbonyl (C=O) groups is 1. The maximum absolute atomic E-state index is 13.0. The molecule has 0 saturated carbocycles. The Labute approximate surface area is 175 Å². The number of hydrogen-bond acceptors (Lipinski definition) is 2. The second kappa shape index (κ2) is 8.42. The normalized spacial score (nSPS) is 20.2. The highest BCUT2D eigenvalue weighted by molar-refractivity contribution is 5.88. The average molecular weight is 416 g/mol. The van der Waals surface area contributed by atoms with Crippen molar-refractivity contribution >= 4 is 11.6 Å². The first-order valence-corrected chi connectivity index (χ1v) is 10.6. The molecule has 1 atom stereocenters. The Morgan fingerprint density at radius 2 is 1.87 bits per heavy atom. The topological polar surface area (TPSA) is 32.3 Å². The second-order valence-corrected chi connectivity index (χ2v) is 8.53. The van der Waals surface area contributed by atoms with Crippen molar-refractivity contribution in [3.05, 3.63) is 64.7 Å². The summed E-state index contributed by atoms with van der Waals surface area (Å²) in [7, 11) is 0. The van der Waals surface area contributed by atoms with Gasteiger partial charge in [-0.1, -0.05) is 24.3 Å². The highest BCUT2D eigenvalue weighted by Crippen LogP contribution is 2.38. The minimum absolute atomic E-state index is 0.0684. The molecule has 1 unspecified atom stereocenters. The molecule has 0 spiro atoms. The van der Waals surface area contributed by atoms with E-state index < -0.39 is 11.7 Å². The van der Waals surface area contributed by atoms with Gasteiger partial charge in [0.05, 0.1) is 5.56 Å². The summed E-state index contributed by atoms with van der Waals surface area (Å²) < 4.78 is 39.0. The molecule has 1 amide bonds. The Hall–Kier alpha value is -2.34. The van der Waals surface area contributed by atoms with Gasteiger partial charge in [0.1, 0.15) is 0 Å². The van der Waals surface area contributed by atoms with Gasteiger partial charge in [-0.25, -0.2) is 0 Å². The predicted molar refractivity (Wildman–Crippen MR) is 112 cm³/mol. The molecule has 3 nitrogen and oxygen atoms in total. The Bertz CT molecular complexity index is 917. The molecule has 1 heterocycles. The third kappa shape index (κ3) is 4.69. The molecule has 2 aromatic carbocycles. The molecule has 1 saturated heterocycles. The first kappa shape index (κ1) is 20.9. The maximum atomic E-state index is 13.0. The number of rotatable bonds is 4. The van der Waals surface area contributed by atoms with Gasteiger partial charge < -0.3 is 10.2 Å². The molecule has 0 radical (unpaired) electrons. The number of anilines is 1. The van der Waals surface area contributed by atoms with Gasteiger partial charge in [0, 0.05) is 19.2 Å². The van der Waals surface area contributed by atoms with E-state index in [9.17, 15) is 18.0 Å². The van der Waals surface area contributed by atoms with Crippen LogP contribution in [-0.4, -0.2) is 30.4 Å². The number of alkyl halides is 3. The van der Waals surface area contributed by atoms with E-state index in [0.29, 0.717) is 5.92 Å². The second-order valence-electron chi connectivity index (χ2n) is 8.53. The van der Waals surface area contributed by atoms with E-state index in [4.69, 9.17) is 0 Å². The van der Waals surface area contributed by atoms with Crippen molar-refractivity contribution in [2.45, 2.75) is 50.6 Å². The van der Waals surface area contributed by atoms with Crippen LogP contribution in [-0.2, 0) is 17.4 Å². The molecule has 6 heteroatoms. The smallest absolute Gasteiger partial charge is 0.326 e. The van der Waals surface area contributed by atoms with Crippen LogP contribution < -0.4 is 5.32 Å². The Kier molecular flexibility index (Phi) is 5.87. The third-order valence-corrected chi connectivity index (χ3v) is 6.42. The molecular formula is C24H27F3N2O. The van der Waals surface area contributed by atoms with Gasteiger partial charge in [0.25, 0.3) is 0 Å². The summed E-state index contributed by atoms with van der Waals surface area (Å²) in [4.78, 5) is 13.8. The molecule has 2 aliphatic rings. The molecule has 1 aliphatic heterocycles. The summed E-state index contributed by atoms with van der Waals surface area (Å²) in [5.74, 6) is 0.561. The summed E-state index contributed by atoms with van der Waals surface area (Å²) >= 11 is 0. The lowest BCUT2D eigenvalue weighted by molar-refractivity contribution is -0.137. The molecular weight excluding hydrogens is 389 g/mol. The highest BCUT2D eigenvalue weighted by Gasteiger charge is 2.32. The fraction of sp³-hybridized carbons (Fsp3) is 0.458. The van der Waals surface area contributed by atoms with Crippen LogP contribution in [0.2, 0.25) is 0 Å². The maximum Gasteiger partial charge on any atom is 0.416 e. The number of piperidine rings is 1. The number of nitrogens with zero attached hydrogens (tertiary/aromatic N) is 1. The molecule has 2 aromatic rings. The van der Waals surface area contributed by atoms with Crippen LogP contribution in [0.3, 0.4) is 0 Å². The summed E-state index contributed by atoms with van der Waals surface area (Å²) in [6, 6.07) is 12.0. The number of likely N-dealkylation sites (tertiary alicyclic amines) is 1. The molecule has 30 heavy (non-hydrogen) atoms. The monoisotopic (exact) mass is 416 g/mol. The number of amides is 1. The standard InChI is InChI=1S/C24H27F3N2O/c1-16(30)28-22-8-7-18-5-6-20(23(18)14-22)15-29-11-9-17(10-12-29)19-3-2-4-21(13-19)24(25,26)27/h2-4,7-8,13-14,17,20H,5-6,9-12,15H2,1H3,(H,28,30). The Balaban J connectivity index is 1.37. The van der Waals surface area contributed by atoms with Crippen LogP contribution in [0.1, 0.15) is 60.3 Å². The molecule has 160 valence electrons. The van der Waals surface area contributed by atoms with E-state index in [1.54, 1.807) is 0 Å². The van der Waals surface area contributed by atoms with Gasteiger partial charge in [-0.05, 0) is 85.5 Å². The van der Waals surface area contributed by atoms with Crippen LogP contribution in [0.5, 0.6) is 0 Å². The zero-order chi connectivity index (χ0) is 21.3. The van der Waals surface area contributed by atoms with Gasteiger partial charge in [0.15, 0.2) is 0 Å². The van der Waals surface area contributed by atoms with Crippen molar-refractivity contribution in [3.63, 3.8) is 0 Å². The van der Waals surface area contributed by atoms with Crippen molar-refractivity contribution < 1.29 is 18.0 Å². The van der Waals surface area contributed by atoms with E-state index in [-0.39, 0.29) is 11.8 Å². The molecule has 1 fully saturated rings. The van der Waals surface area contributed by atoms with E-state index >= 15 is 0 Å². The van der Waals surface area contributed by atoms with E-state index in [2.05, 4.69) is 22.3 Å². The predicted octanol–water partition coefficient (Wildman–Crippen LogP) is 5.57. The van der Waals surface area contributed by atoms with Crippen molar-refractivity contribution in [1.29, 1.82) is 0 Å². The third-order valence-electron chi connectivity index (χ3n) is 6.42. The molecule has 1 aliphatic carbocycles. The zero-order valence-electron chi connectivity index (χ0n) is 17.1. The quantitative estimate of drug-likeness (QED) is 0.706. The van der Waals surface area contributed by atoms with Gasteiger partial charge in [-0.2, -0.15) is 13.2 Å². The first-order valence-electron chi connectivity index (χ1n) is 10.6. The zero-order valence-corrected chi connectivity index (χ0v) is 17.1. The van der Waals surface area contributed by atoms with Gasteiger partial charge >= 0.3 is 6.18 Å². The SMILES string of the molecule is CC(=O)Nc1ccc2c(c1)C(CN1CCC(c3cccc(C(F)(F)F)c3)CC1)CC2. The van der Waals surface area contributed by atoms with Crippen molar-refractivity contribution in [1.82, 2.24) is 4.90 Å². The Morgan fingerprint density at radius 1 is 1.10 bits per heavy atom. The number of halogens is 3. The summed E-state index contributed by atoms with van der Waals surface area (Å²) in [5.41, 5.74) is 3.77. The lowest BCUT2D eigenvalue weighted by Crippen LogP contribution is -2.35. The summed E-state index contributed by atoms with van der Waals surface area (Å²) in [6.45, 7) is 4.28. The van der Waals surface area contributed by atoms with Crippen molar-refractivity contribution in [2.24, 2.45) is 0 Å². The fourth-order valence-electron chi connectivity index (χ4n) is 4.89. The largest absolute Gasteiger partial charge is 0.416 e. The molecule has 0 aromatic heterocycles. The fourth-order valence-corrected chi connectivity index (χ4v) is 4.89. The van der Waals surface area contributed by atoms with E-state index in [0.717, 1.165) is 62.6 Å². The van der Waals surface area contributed by atoms with E-state index in [1.807, 2.05) is 12.1 Å². The van der Waals surface area contributed by atoms with Gasteiger partial charge in [0.2, 0.25) is 5.91 Å². The minimum Gasteiger partial charge on any atom is -0.326 e. The van der Waals surface area contributed by atoms with Crippen LogP contribution in [0.25, 0.3) is 0 Å². The summed E-state index contributed by atoms with van der Waals surface area (Å²) in [6.07, 6.45) is -0.365. The average Bonchev–Trinajstić information content (AvgIpc) is 3.10. The van der Waals surface area contributed by atoms with Crippen molar-refractivity contribution in [2.75, 3.05) is 25.0 Å². The number of benzene rings is 2. The number of fused-ring (bicyclic) bond motifs is 1. The highest BCUT2D eigenvalue weighted by atomic mass is 19.4. The molecule has 1 N–H and O–H groups in total. The minimum atomic E-state index is -4.29. The van der Waals surface area contributed by atoms with Crippen LogP contribution in [0.15, 0.2) is 42.5 Å². The lowest BCUT2D eigenvalue weighted by atomic mass is 9.88. The van der Waals surface area contributed by atoms with Crippen LogP contribution >= 0.6 is 0 Å². The molecule has 4 rings (SSSR count). The summed E-state index contributed by atoms with van der Waals surface area (Å²) in [5, 5.41) is 2.87. The van der Waals surface area contributed by atoms with Crippen LogP contribution in [0, 0.1) is 0 Å². The first-order chi connectivity index (χ1) is 14.3. The van der Waals surface area contributed by atoms with Crippen LogP contribution in [0.4, 0.5) is 18.9 Å². The number of aryl methyl sites for hydroxylation is 1. The number of hydrogen-bond donors (Lipinski definition) is 1. The van der Waals surface area contributed by atoms with Gasteiger partial charge in [-0.3, -0.25) is 4.79 Å². The number of carbonyl (C=O) groups excluding carboxylic acids is 1. The Morgan fingerprint density at radius 3 is 2.57 bits per heavy atom. The van der Waals surface area contributed by atoms with Crippen molar-refractivity contribution in [3.8, 4) is 0 Å².